The van der Waals surface area contributed by atoms with Crippen LogP contribution in [0.15, 0.2) is 0 Å². The lowest BCUT2D eigenvalue weighted by Crippen LogP contribution is -2.45. The third kappa shape index (κ3) is 3.64. The van der Waals surface area contributed by atoms with E-state index in [0.717, 1.165) is 0 Å². The second kappa shape index (κ2) is 7.27. The molecule has 2 rings (SSSR count). The molecular formula is C17H26N2O4. The van der Waals surface area contributed by atoms with Crippen LogP contribution in [0.25, 0.3) is 0 Å². The standard InChI is InChI=1S/C17H26N2O4/c1-5-23-17(22)14-10(2)15(18-11(14)3)16(21)12(4)19-8-6-13(20)7-9-19/h12-13,18,20H,5-9H2,1-4H3. The molecule has 128 valence electrons. The number of Topliss-reactive ketones (excluding diaryl/α,β-unsaturated/α-hetero) is 1. The Kier molecular flexibility index (Phi) is 5.59. The molecule has 1 unspecified atom stereocenters. The predicted molar refractivity (Wildman–Crippen MR) is 86.8 cm³/mol. The first-order chi connectivity index (χ1) is 10.9. The van der Waals surface area contributed by atoms with E-state index >= 15 is 0 Å². The van der Waals surface area contributed by atoms with Crippen LogP contribution in [0.1, 0.15) is 58.8 Å². The molecule has 2 N–H and O–H groups in total. The largest absolute Gasteiger partial charge is 0.462 e. The lowest BCUT2D eigenvalue weighted by atomic mass is 10.0. The number of piperidine rings is 1. The number of aromatic amines is 1. The Morgan fingerprint density at radius 3 is 2.52 bits per heavy atom. The van der Waals surface area contributed by atoms with Crippen molar-refractivity contribution in [2.75, 3.05) is 19.7 Å². The second-order valence-corrected chi connectivity index (χ2v) is 6.15. The average molecular weight is 322 g/mol. The summed E-state index contributed by atoms with van der Waals surface area (Å²) in [5.74, 6) is -0.427. The van der Waals surface area contributed by atoms with Gasteiger partial charge in [-0.1, -0.05) is 0 Å². The summed E-state index contributed by atoms with van der Waals surface area (Å²) in [4.78, 5) is 30.0. The summed E-state index contributed by atoms with van der Waals surface area (Å²) in [6, 6.07) is -0.283. The molecule has 0 amide bonds. The molecule has 0 aliphatic carbocycles. The maximum atomic E-state index is 12.8. The maximum absolute atomic E-state index is 12.8. The number of esters is 1. The summed E-state index contributed by atoms with van der Waals surface area (Å²) >= 11 is 0. The van der Waals surface area contributed by atoms with Gasteiger partial charge >= 0.3 is 5.97 Å². The zero-order valence-corrected chi connectivity index (χ0v) is 14.3. The Morgan fingerprint density at radius 2 is 1.96 bits per heavy atom. The number of hydrogen-bond donors (Lipinski definition) is 2. The summed E-state index contributed by atoms with van der Waals surface area (Å²) < 4.78 is 5.06. The normalized spacial score (nSPS) is 18.0. The molecule has 0 saturated carbocycles. The number of carbonyl (C=O) groups excluding carboxylic acids is 2. The monoisotopic (exact) mass is 322 g/mol. The molecule has 1 aromatic rings. The molecule has 1 aromatic heterocycles. The number of hydrogen-bond acceptors (Lipinski definition) is 5. The van der Waals surface area contributed by atoms with Gasteiger partial charge in [-0.2, -0.15) is 0 Å². The van der Waals surface area contributed by atoms with Crippen LogP contribution in [0.3, 0.4) is 0 Å². The van der Waals surface area contributed by atoms with Gasteiger partial charge in [0.2, 0.25) is 0 Å². The Hall–Kier alpha value is -1.66. The van der Waals surface area contributed by atoms with E-state index in [9.17, 15) is 14.7 Å². The van der Waals surface area contributed by atoms with Crippen molar-refractivity contribution in [2.45, 2.75) is 52.7 Å². The molecule has 1 atom stereocenters. The van der Waals surface area contributed by atoms with Gasteiger partial charge in [-0.15, -0.1) is 0 Å². The highest BCUT2D eigenvalue weighted by Crippen LogP contribution is 2.22. The molecule has 2 heterocycles. The van der Waals surface area contributed by atoms with Crippen molar-refractivity contribution < 1.29 is 19.4 Å². The van der Waals surface area contributed by atoms with E-state index < -0.39 is 5.97 Å². The number of ketones is 1. The smallest absolute Gasteiger partial charge is 0.340 e. The van der Waals surface area contributed by atoms with Crippen molar-refractivity contribution in [3.05, 3.63) is 22.5 Å². The van der Waals surface area contributed by atoms with Gasteiger partial charge in [0.05, 0.1) is 30.0 Å². The molecule has 1 aliphatic heterocycles. The molecule has 1 saturated heterocycles. The van der Waals surface area contributed by atoms with E-state index in [1.807, 2.05) is 6.92 Å². The maximum Gasteiger partial charge on any atom is 0.340 e. The van der Waals surface area contributed by atoms with Crippen LogP contribution in [0.2, 0.25) is 0 Å². The Bertz CT molecular complexity index is 586. The van der Waals surface area contributed by atoms with Crippen molar-refractivity contribution in [3.8, 4) is 0 Å². The second-order valence-electron chi connectivity index (χ2n) is 6.15. The summed E-state index contributed by atoms with van der Waals surface area (Å²) in [6.45, 7) is 8.90. The van der Waals surface area contributed by atoms with Gasteiger partial charge in [0.15, 0.2) is 5.78 Å². The lowest BCUT2D eigenvalue weighted by molar-refractivity contribution is 0.0524. The molecule has 6 nitrogen and oxygen atoms in total. The minimum Gasteiger partial charge on any atom is -0.462 e. The van der Waals surface area contributed by atoms with Crippen LogP contribution in [-0.2, 0) is 4.74 Å². The van der Waals surface area contributed by atoms with E-state index in [1.54, 1.807) is 20.8 Å². The van der Waals surface area contributed by atoms with Crippen molar-refractivity contribution in [1.82, 2.24) is 9.88 Å². The molecule has 0 bridgehead atoms. The topological polar surface area (TPSA) is 82.6 Å². The van der Waals surface area contributed by atoms with Crippen LogP contribution in [0.5, 0.6) is 0 Å². The van der Waals surface area contributed by atoms with E-state index in [1.165, 1.54) is 0 Å². The molecule has 23 heavy (non-hydrogen) atoms. The number of carbonyl (C=O) groups is 2. The van der Waals surface area contributed by atoms with Crippen LogP contribution in [0.4, 0.5) is 0 Å². The van der Waals surface area contributed by atoms with Crippen molar-refractivity contribution in [1.29, 1.82) is 0 Å². The highest BCUT2D eigenvalue weighted by Gasteiger charge is 2.30. The number of H-pyrrole nitrogens is 1. The number of aromatic nitrogens is 1. The molecular weight excluding hydrogens is 296 g/mol. The van der Waals surface area contributed by atoms with Gasteiger partial charge in [0.25, 0.3) is 0 Å². The Labute approximate surface area is 136 Å². The highest BCUT2D eigenvalue weighted by molar-refractivity contribution is 6.03. The van der Waals surface area contributed by atoms with Crippen LogP contribution < -0.4 is 0 Å². The van der Waals surface area contributed by atoms with Crippen molar-refractivity contribution >= 4 is 11.8 Å². The predicted octanol–water partition coefficient (Wildman–Crippen LogP) is 1.84. The minimum absolute atomic E-state index is 0.0301. The number of aliphatic hydroxyl groups is 1. The Balaban J connectivity index is 2.19. The fourth-order valence-electron chi connectivity index (χ4n) is 3.15. The number of ether oxygens (including phenoxy) is 1. The molecule has 0 radical (unpaired) electrons. The number of likely N-dealkylation sites (tertiary alicyclic amines) is 1. The zero-order chi connectivity index (χ0) is 17.1. The first kappa shape index (κ1) is 17.7. The van der Waals surface area contributed by atoms with Crippen LogP contribution in [-0.4, -0.2) is 58.6 Å². The van der Waals surface area contributed by atoms with Crippen molar-refractivity contribution in [3.63, 3.8) is 0 Å². The van der Waals surface area contributed by atoms with Crippen LogP contribution in [0, 0.1) is 13.8 Å². The van der Waals surface area contributed by atoms with E-state index in [4.69, 9.17) is 4.74 Å². The molecule has 0 spiro atoms. The van der Waals surface area contributed by atoms with Gasteiger partial charge in [-0.05, 0) is 46.1 Å². The summed E-state index contributed by atoms with van der Waals surface area (Å²) in [5, 5.41) is 9.59. The fraction of sp³-hybridized carbons (Fsp3) is 0.647. The lowest BCUT2D eigenvalue weighted by Gasteiger charge is -2.33. The van der Waals surface area contributed by atoms with E-state index in [2.05, 4.69) is 9.88 Å². The van der Waals surface area contributed by atoms with Gasteiger partial charge in [-0.25, -0.2) is 4.79 Å². The number of aliphatic hydroxyl groups excluding tert-OH is 1. The zero-order valence-electron chi connectivity index (χ0n) is 14.3. The van der Waals surface area contributed by atoms with Gasteiger partial charge in [0, 0.05) is 18.8 Å². The van der Waals surface area contributed by atoms with Gasteiger partial charge in [0.1, 0.15) is 0 Å². The van der Waals surface area contributed by atoms with Crippen LogP contribution >= 0.6 is 0 Å². The van der Waals surface area contributed by atoms with Gasteiger partial charge in [-0.3, -0.25) is 9.69 Å². The van der Waals surface area contributed by atoms with E-state index in [0.29, 0.717) is 55.1 Å². The molecule has 6 heteroatoms. The van der Waals surface area contributed by atoms with Crippen molar-refractivity contribution in [2.24, 2.45) is 0 Å². The average Bonchev–Trinajstić information content (AvgIpc) is 2.81. The highest BCUT2D eigenvalue weighted by atomic mass is 16.5. The SMILES string of the molecule is CCOC(=O)c1c(C)[nH]c(C(=O)C(C)N2CCC(O)CC2)c1C. The Morgan fingerprint density at radius 1 is 1.35 bits per heavy atom. The third-order valence-electron chi connectivity index (χ3n) is 4.59. The quantitative estimate of drug-likeness (QED) is 0.638. The first-order valence-corrected chi connectivity index (χ1v) is 8.19. The number of nitrogens with one attached hydrogen (secondary N) is 1. The summed E-state index contributed by atoms with van der Waals surface area (Å²) in [6.07, 6.45) is 1.11. The summed E-state index contributed by atoms with van der Waals surface area (Å²) in [7, 11) is 0. The van der Waals surface area contributed by atoms with Gasteiger partial charge < -0.3 is 14.8 Å². The third-order valence-corrected chi connectivity index (χ3v) is 4.59. The molecule has 0 aromatic carbocycles. The van der Waals surface area contributed by atoms with E-state index in [-0.39, 0.29) is 17.9 Å². The minimum atomic E-state index is -0.397. The number of aryl methyl sites for hydroxylation is 1. The molecule has 1 fully saturated rings. The first-order valence-electron chi connectivity index (χ1n) is 8.19. The summed E-state index contributed by atoms with van der Waals surface area (Å²) in [5.41, 5.74) is 2.24. The fourth-order valence-corrected chi connectivity index (χ4v) is 3.15. The molecule has 1 aliphatic rings. The number of rotatable bonds is 5. The number of nitrogens with zero attached hydrogens (tertiary/aromatic N) is 1.